The number of imidazole rings is 1. The van der Waals surface area contributed by atoms with Gasteiger partial charge in [-0.2, -0.15) is 0 Å². The minimum atomic E-state index is 0.364. The number of nitrogens with one attached hydrogen (secondary N) is 1. The Morgan fingerprint density at radius 3 is 2.95 bits per heavy atom. The van der Waals surface area contributed by atoms with Gasteiger partial charge in [-0.05, 0) is 38.1 Å². The number of hydrogen-bond acceptors (Lipinski definition) is 3. The van der Waals surface area contributed by atoms with Crippen LogP contribution in [0.4, 0.5) is 0 Å². The highest BCUT2D eigenvalue weighted by molar-refractivity contribution is 7.12. The van der Waals surface area contributed by atoms with Gasteiger partial charge in [-0.3, -0.25) is 0 Å². The Labute approximate surface area is 116 Å². The van der Waals surface area contributed by atoms with Crippen LogP contribution in [0.3, 0.4) is 0 Å². The van der Waals surface area contributed by atoms with Crippen molar-refractivity contribution < 1.29 is 0 Å². The molecule has 0 amide bonds. The lowest BCUT2D eigenvalue weighted by molar-refractivity contribution is 0.577. The third-order valence-corrected chi connectivity index (χ3v) is 4.37. The van der Waals surface area contributed by atoms with Gasteiger partial charge in [-0.1, -0.05) is 6.07 Å². The Kier molecular flexibility index (Phi) is 3.36. The van der Waals surface area contributed by atoms with Gasteiger partial charge in [0.2, 0.25) is 0 Å². The van der Waals surface area contributed by atoms with Crippen molar-refractivity contribution in [1.29, 1.82) is 0 Å². The van der Waals surface area contributed by atoms with Gasteiger partial charge < -0.3 is 9.72 Å². The summed E-state index contributed by atoms with van der Waals surface area (Å²) in [5, 5.41) is 3.52. The Morgan fingerprint density at radius 1 is 1.32 bits per heavy atom. The Morgan fingerprint density at radius 2 is 2.21 bits per heavy atom. The Bertz CT molecular complexity index is 650. The summed E-state index contributed by atoms with van der Waals surface area (Å²) >= 11 is 1.85. The summed E-state index contributed by atoms with van der Waals surface area (Å²) in [6, 6.07) is 10.8. The summed E-state index contributed by atoms with van der Waals surface area (Å²) in [6.45, 7) is 5.13. The van der Waals surface area contributed by atoms with E-state index >= 15 is 0 Å². The first-order valence-corrected chi connectivity index (χ1v) is 7.26. The lowest BCUT2D eigenvalue weighted by Crippen LogP contribution is -2.17. The van der Waals surface area contributed by atoms with Crippen molar-refractivity contribution in [2.75, 3.05) is 0 Å². The molecular formula is C15H17N3S. The number of aryl methyl sites for hydroxylation is 1. The summed E-state index contributed by atoms with van der Waals surface area (Å²) in [5.74, 6) is 0. The number of rotatable bonds is 4. The molecule has 0 aliphatic rings. The molecule has 3 heterocycles. The van der Waals surface area contributed by atoms with Crippen LogP contribution in [-0.2, 0) is 6.54 Å². The molecule has 1 unspecified atom stereocenters. The fourth-order valence-corrected chi connectivity index (χ4v) is 3.02. The molecule has 3 aromatic heterocycles. The molecule has 3 nitrogen and oxygen atoms in total. The van der Waals surface area contributed by atoms with Gasteiger partial charge in [0.1, 0.15) is 5.65 Å². The Balaban J connectivity index is 1.68. The molecule has 0 spiro atoms. The molecular weight excluding hydrogens is 254 g/mol. The maximum atomic E-state index is 4.59. The van der Waals surface area contributed by atoms with Crippen LogP contribution >= 0.6 is 11.3 Å². The van der Waals surface area contributed by atoms with Crippen LogP contribution in [0.15, 0.2) is 42.7 Å². The summed E-state index contributed by atoms with van der Waals surface area (Å²) in [5.41, 5.74) is 2.07. The lowest BCUT2D eigenvalue weighted by atomic mass is 10.2. The SMILES string of the molecule is Cc1ccc(C(C)NCc2cn3ccccc3n2)s1. The maximum absolute atomic E-state index is 4.59. The number of hydrogen-bond donors (Lipinski definition) is 1. The number of nitrogens with zero attached hydrogens (tertiary/aromatic N) is 2. The summed E-state index contributed by atoms with van der Waals surface area (Å²) in [4.78, 5) is 7.32. The van der Waals surface area contributed by atoms with Crippen molar-refractivity contribution >= 4 is 17.0 Å². The molecule has 98 valence electrons. The molecule has 4 heteroatoms. The predicted molar refractivity (Wildman–Crippen MR) is 79.5 cm³/mol. The fraction of sp³-hybridized carbons (Fsp3) is 0.267. The van der Waals surface area contributed by atoms with Crippen LogP contribution < -0.4 is 5.32 Å². The van der Waals surface area contributed by atoms with E-state index < -0.39 is 0 Å². The normalized spacial score (nSPS) is 12.9. The first-order valence-electron chi connectivity index (χ1n) is 6.45. The topological polar surface area (TPSA) is 29.3 Å². The van der Waals surface area contributed by atoms with E-state index in [0.717, 1.165) is 17.9 Å². The van der Waals surface area contributed by atoms with Gasteiger partial charge >= 0.3 is 0 Å². The van der Waals surface area contributed by atoms with Crippen LogP contribution in [-0.4, -0.2) is 9.38 Å². The van der Waals surface area contributed by atoms with Gasteiger partial charge in [0, 0.05) is 34.7 Å². The molecule has 0 saturated heterocycles. The quantitative estimate of drug-likeness (QED) is 0.786. The molecule has 0 bridgehead atoms. The number of pyridine rings is 1. The highest BCUT2D eigenvalue weighted by Gasteiger charge is 2.08. The van der Waals surface area contributed by atoms with E-state index in [9.17, 15) is 0 Å². The first-order chi connectivity index (χ1) is 9.22. The standard InChI is InChI=1S/C15H17N3S/c1-11-6-7-14(19-11)12(2)16-9-13-10-18-8-4-3-5-15(18)17-13/h3-8,10,12,16H,9H2,1-2H3. The highest BCUT2D eigenvalue weighted by Crippen LogP contribution is 2.22. The Hall–Kier alpha value is -1.65. The fourth-order valence-electron chi connectivity index (χ4n) is 2.12. The van der Waals surface area contributed by atoms with E-state index in [1.165, 1.54) is 9.75 Å². The maximum Gasteiger partial charge on any atom is 0.137 e. The zero-order valence-electron chi connectivity index (χ0n) is 11.1. The van der Waals surface area contributed by atoms with Crippen LogP contribution in [0.5, 0.6) is 0 Å². The van der Waals surface area contributed by atoms with Crippen molar-refractivity contribution in [3.63, 3.8) is 0 Å². The van der Waals surface area contributed by atoms with E-state index in [2.05, 4.69) is 46.9 Å². The van der Waals surface area contributed by atoms with Gasteiger partial charge in [0.05, 0.1) is 5.69 Å². The number of thiophene rings is 1. The molecule has 1 atom stereocenters. The molecule has 1 N–H and O–H groups in total. The van der Waals surface area contributed by atoms with Crippen molar-refractivity contribution in [2.24, 2.45) is 0 Å². The van der Waals surface area contributed by atoms with Gasteiger partial charge in [0.15, 0.2) is 0 Å². The van der Waals surface area contributed by atoms with Crippen molar-refractivity contribution in [2.45, 2.75) is 26.4 Å². The minimum absolute atomic E-state index is 0.364. The molecule has 19 heavy (non-hydrogen) atoms. The third-order valence-electron chi connectivity index (χ3n) is 3.19. The van der Waals surface area contributed by atoms with Gasteiger partial charge in [0.25, 0.3) is 0 Å². The van der Waals surface area contributed by atoms with Gasteiger partial charge in [-0.25, -0.2) is 4.98 Å². The monoisotopic (exact) mass is 271 g/mol. The van der Waals surface area contributed by atoms with Crippen molar-refractivity contribution in [3.05, 3.63) is 58.2 Å². The summed E-state index contributed by atoms with van der Waals surface area (Å²) < 4.78 is 2.05. The summed E-state index contributed by atoms with van der Waals surface area (Å²) in [6.07, 6.45) is 4.10. The average molecular weight is 271 g/mol. The minimum Gasteiger partial charge on any atom is -0.307 e. The zero-order chi connectivity index (χ0) is 13.2. The lowest BCUT2D eigenvalue weighted by Gasteiger charge is -2.10. The average Bonchev–Trinajstić information content (AvgIpc) is 3.01. The van der Waals surface area contributed by atoms with Crippen LogP contribution in [0.25, 0.3) is 5.65 Å². The second kappa shape index (κ2) is 5.15. The highest BCUT2D eigenvalue weighted by atomic mass is 32.1. The third kappa shape index (κ3) is 2.69. The van der Waals surface area contributed by atoms with Crippen molar-refractivity contribution in [3.8, 4) is 0 Å². The molecule has 0 radical (unpaired) electrons. The summed E-state index contributed by atoms with van der Waals surface area (Å²) in [7, 11) is 0. The molecule has 3 aromatic rings. The molecule has 0 aliphatic carbocycles. The van der Waals surface area contributed by atoms with Crippen LogP contribution in [0.1, 0.15) is 28.4 Å². The van der Waals surface area contributed by atoms with Crippen molar-refractivity contribution in [1.82, 2.24) is 14.7 Å². The predicted octanol–water partition coefficient (Wildman–Crippen LogP) is 3.56. The molecule has 0 aliphatic heterocycles. The van der Waals surface area contributed by atoms with E-state index in [4.69, 9.17) is 0 Å². The first kappa shape index (κ1) is 12.4. The second-order valence-electron chi connectivity index (χ2n) is 4.75. The van der Waals surface area contributed by atoms with Crippen LogP contribution in [0.2, 0.25) is 0 Å². The van der Waals surface area contributed by atoms with Crippen LogP contribution in [0, 0.1) is 6.92 Å². The second-order valence-corrected chi connectivity index (χ2v) is 6.07. The smallest absolute Gasteiger partial charge is 0.137 e. The zero-order valence-corrected chi connectivity index (χ0v) is 11.9. The molecule has 0 fully saturated rings. The van der Waals surface area contributed by atoms with E-state index in [1.54, 1.807) is 0 Å². The van der Waals surface area contributed by atoms with E-state index in [1.807, 2.05) is 35.7 Å². The molecule has 0 saturated carbocycles. The molecule has 0 aromatic carbocycles. The van der Waals surface area contributed by atoms with E-state index in [0.29, 0.717) is 6.04 Å². The number of fused-ring (bicyclic) bond motifs is 1. The number of aromatic nitrogens is 2. The van der Waals surface area contributed by atoms with E-state index in [-0.39, 0.29) is 0 Å². The molecule has 3 rings (SSSR count). The van der Waals surface area contributed by atoms with Gasteiger partial charge in [-0.15, -0.1) is 11.3 Å². The largest absolute Gasteiger partial charge is 0.307 e.